The van der Waals surface area contributed by atoms with E-state index >= 15 is 0 Å². The van der Waals surface area contributed by atoms with E-state index in [1.54, 1.807) is 6.07 Å². The Balaban J connectivity index is 3.08. The van der Waals surface area contributed by atoms with Crippen LogP contribution in [0.25, 0.3) is 0 Å². The number of unbranched alkanes of at least 4 members (excludes halogenated alkanes) is 1. The van der Waals surface area contributed by atoms with E-state index in [0.29, 0.717) is 17.3 Å². The Morgan fingerprint density at radius 3 is 2.67 bits per heavy atom. The van der Waals surface area contributed by atoms with E-state index in [4.69, 9.17) is 5.73 Å². The number of hydrogen-bond donors (Lipinski definition) is 1. The SMILES string of the molecule is CCCCN(c1ccc(N)cc1C#N)C(C)CC. The lowest BCUT2D eigenvalue weighted by atomic mass is 10.1. The molecule has 0 amide bonds. The van der Waals surface area contributed by atoms with Crippen molar-refractivity contribution in [2.24, 2.45) is 0 Å². The molecular weight excluding hydrogens is 222 g/mol. The fourth-order valence-corrected chi connectivity index (χ4v) is 2.02. The van der Waals surface area contributed by atoms with Gasteiger partial charge in [0.05, 0.1) is 11.3 Å². The minimum atomic E-state index is 0.437. The molecule has 0 radical (unpaired) electrons. The Bertz CT molecular complexity index is 420. The van der Waals surface area contributed by atoms with Gasteiger partial charge in [-0.05, 0) is 38.0 Å². The Morgan fingerprint density at radius 2 is 2.11 bits per heavy atom. The number of anilines is 2. The molecule has 0 spiro atoms. The molecule has 0 saturated carbocycles. The Morgan fingerprint density at radius 1 is 1.39 bits per heavy atom. The minimum absolute atomic E-state index is 0.437. The maximum absolute atomic E-state index is 9.24. The van der Waals surface area contributed by atoms with Crippen LogP contribution in [0.4, 0.5) is 11.4 Å². The highest BCUT2D eigenvalue weighted by atomic mass is 15.2. The van der Waals surface area contributed by atoms with Gasteiger partial charge < -0.3 is 10.6 Å². The standard InChI is InChI=1S/C15H23N3/c1-4-6-9-18(12(3)5-2)15-8-7-14(17)10-13(15)11-16/h7-8,10,12H,4-6,9,17H2,1-3H3. The van der Waals surface area contributed by atoms with Crippen LogP contribution in [0.15, 0.2) is 18.2 Å². The summed E-state index contributed by atoms with van der Waals surface area (Å²) in [6.45, 7) is 7.55. The molecule has 0 bridgehead atoms. The van der Waals surface area contributed by atoms with Crippen molar-refractivity contribution in [3.8, 4) is 6.07 Å². The maximum Gasteiger partial charge on any atom is 0.101 e. The van der Waals surface area contributed by atoms with E-state index < -0.39 is 0 Å². The van der Waals surface area contributed by atoms with Crippen LogP contribution in [0.3, 0.4) is 0 Å². The highest BCUT2D eigenvalue weighted by Gasteiger charge is 2.16. The molecule has 3 nitrogen and oxygen atoms in total. The van der Waals surface area contributed by atoms with E-state index in [9.17, 15) is 5.26 Å². The van der Waals surface area contributed by atoms with Gasteiger partial charge in [-0.25, -0.2) is 0 Å². The van der Waals surface area contributed by atoms with E-state index in [2.05, 4.69) is 31.7 Å². The van der Waals surface area contributed by atoms with Gasteiger partial charge in [0.1, 0.15) is 6.07 Å². The first-order chi connectivity index (χ1) is 8.63. The Kier molecular flexibility index (Phi) is 5.51. The zero-order valence-corrected chi connectivity index (χ0v) is 11.6. The van der Waals surface area contributed by atoms with Crippen LogP contribution in [-0.4, -0.2) is 12.6 Å². The average molecular weight is 245 g/mol. The third-order valence-corrected chi connectivity index (χ3v) is 3.33. The van der Waals surface area contributed by atoms with Crippen molar-refractivity contribution >= 4 is 11.4 Å². The summed E-state index contributed by atoms with van der Waals surface area (Å²) >= 11 is 0. The normalized spacial score (nSPS) is 11.9. The lowest BCUT2D eigenvalue weighted by Gasteiger charge is -2.31. The molecule has 0 saturated heterocycles. The van der Waals surface area contributed by atoms with Crippen LogP contribution in [0.5, 0.6) is 0 Å². The van der Waals surface area contributed by atoms with Gasteiger partial charge >= 0.3 is 0 Å². The van der Waals surface area contributed by atoms with E-state index in [1.165, 1.54) is 0 Å². The van der Waals surface area contributed by atoms with Crippen LogP contribution < -0.4 is 10.6 Å². The van der Waals surface area contributed by atoms with E-state index in [-0.39, 0.29) is 0 Å². The lowest BCUT2D eigenvalue weighted by molar-refractivity contribution is 0.595. The van der Waals surface area contributed by atoms with Gasteiger partial charge in [0.15, 0.2) is 0 Å². The first-order valence-electron chi connectivity index (χ1n) is 6.70. The van der Waals surface area contributed by atoms with Gasteiger partial charge in [0, 0.05) is 18.3 Å². The zero-order chi connectivity index (χ0) is 13.5. The molecule has 98 valence electrons. The first kappa shape index (κ1) is 14.4. The molecule has 3 heteroatoms. The van der Waals surface area contributed by atoms with Crippen molar-refractivity contribution < 1.29 is 0 Å². The third-order valence-electron chi connectivity index (χ3n) is 3.33. The predicted octanol–water partition coefficient (Wildman–Crippen LogP) is 3.55. The molecule has 1 aromatic rings. The predicted molar refractivity (Wildman–Crippen MR) is 77.6 cm³/mol. The average Bonchev–Trinajstić information content (AvgIpc) is 2.39. The molecular formula is C15H23N3. The molecule has 1 unspecified atom stereocenters. The van der Waals surface area contributed by atoms with E-state index in [1.807, 2.05) is 12.1 Å². The third kappa shape index (κ3) is 3.40. The fraction of sp³-hybridized carbons (Fsp3) is 0.533. The number of benzene rings is 1. The van der Waals surface area contributed by atoms with Crippen LogP contribution in [0.1, 0.15) is 45.6 Å². The number of nitrogens with zero attached hydrogens (tertiary/aromatic N) is 2. The molecule has 1 atom stereocenters. The molecule has 0 heterocycles. The van der Waals surface area contributed by atoms with Gasteiger partial charge in [0.25, 0.3) is 0 Å². The number of hydrogen-bond acceptors (Lipinski definition) is 3. The summed E-state index contributed by atoms with van der Waals surface area (Å²) < 4.78 is 0. The van der Waals surface area contributed by atoms with Crippen LogP contribution in [0.2, 0.25) is 0 Å². The molecule has 0 aliphatic rings. The second-order valence-electron chi connectivity index (χ2n) is 4.69. The Hall–Kier alpha value is -1.69. The van der Waals surface area contributed by atoms with Gasteiger partial charge in [-0.3, -0.25) is 0 Å². The molecule has 0 fully saturated rings. The number of rotatable bonds is 6. The van der Waals surface area contributed by atoms with Crippen molar-refractivity contribution in [2.45, 2.75) is 46.1 Å². The maximum atomic E-state index is 9.24. The molecule has 1 aromatic carbocycles. The van der Waals surface area contributed by atoms with E-state index in [0.717, 1.165) is 31.5 Å². The molecule has 18 heavy (non-hydrogen) atoms. The van der Waals surface area contributed by atoms with Crippen molar-refractivity contribution in [1.29, 1.82) is 5.26 Å². The summed E-state index contributed by atoms with van der Waals surface area (Å²) in [6.07, 6.45) is 3.36. The van der Waals surface area contributed by atoms with Crippen molar-refractivity contribution in [3.05, 3.63) is 23.8 Å². The van der Waals surface area contributed by atoms with Gasteiger partial charge in [-0.2, -0.15) is 5.26 Å². The monoisotopic (exact) mass is 245 g/mol. The van der Waals surface area contributed by atoms with Crippen LogP contribution >= 0.6 is 0 Å². The van der Waals surface area contributed by atoms with Crippen molar-refractivity contribution in [1.82, 2.24) is 0 Å². The molecule has 1 rings (SSSR count). The van der Waals surface area contributed by atoms with Gasteiger partial charge in [-0.15, -0.1) is 0 Å². The summed E-state index contributed by atoms with van der Waals surface area (Å²) in [5.74, 6) is 0. The largest absolute Gasteiger partial charge is 0.399 e. The highest BCUT2D eigenvalue weighted by Crippen LogP contribution is 2.25. The summed E-state index contributed by atoms with van der Waals surface area (Å²) in [5, 5.41) is 9.24. The van der Waals surface area contributed by atoms with Gasteiger partial charge in [0.2, 0.25) is 0 Å². The summed E-state index contributed by atoms with van der Waals surface area (Å²) in [5.41, 5.74) is 8.07. The smallest absolute Gasteiger partial charge is 0.101 e. The number of nitrogen functional groups attached to an aromatic ring is 1. The zero-order valence-electron chi connectivity index (χ0n) is 11.6. The number of nitriles is 1. The first-order valence-corrected chi connectivity index (χ1v) is 6.70. The van der Waals surface area contributed by atoms with Crippen LogP contribution in [-0.2, 0) is 0 Å². The molecule has 0 aromatic heterocycles. The summed E-state index contributed by atoms with van der Waals surface area (Å²) in [7, 11) is 0. The van der Waals surface area contributed by atoms with Crippen molar-refractivity contribution in [2.75, 3.05) is 17.2 Å². The number of nitrogens with two attached hydrogens (primary N) is 1. The summed E-state index contributed by atoms with van der Waals surface area (Å²) in [4.78, 5) is 2.32. The highest BCUT2D eigenvalue weighted by molar-refractivity contribution is 5.64. The fourth-order valence-electron chi connectivity index (χ4n) is 2.02. The van der Waals surface area contributed by atoms with Crippen molar-refractivity contribution in [3.63, 3.8) is 0 Å². The minimum Gasteiger partial charge on any atom is -0.399 e. The quantitative estimate of drug-likeness (QED) is 0.780. The topological polar surface area (TPSA) is 53.0 Å². The lowest BCUT2D eigenvalue weighted by Crippen LogP contribution is -2.34. The van der Waals surface area contributed by atoms with Gasteiger partial charge in [-0.1, -0.05) is 20.3 Å². The summed E-state index contributed by atoms with van der Waals surface area (Å²) in [6, 6.07) is 8.29. The second-order valence-corrected chi connectivity index (χ2v) is 4.69. The molecule has 0 aliphatic heterocycles. The molecule has 0 aliphatic carbocycles. The molecule has 2 N–H and O–H groups in total. The second kappa shape index (κ2) is 6.90. The van der Waals surface area contributed by atoms with Crippen LogP contribution in [0, 0.1) is 11.3 Å². The Labute approximate surface area is 110 Å².